The van der Waals surface area contributed by atoms with Crippen LogP contribution in [0.25, 0.3) is 5.65 Å². The molecule has 2 heterocycles. The summed E-state index contributed by atoms with van der Waals surface area (Å²) in [5.41, 5.74) is 2.15. The molecule has 0 aliphatic carbocycles. The first-order valence-electron chi connectivity index (χ1n) is 6.30. The molecule has 0 bridgehead atoms. The van der Waals surface area contributed by atoms with Crippen LogP contribution in [0.2, 0.25) is 5.02 Å². The van der Waals surface area contributed by atoms with Gasteiger partial charge in [0.25, 0.3) is 5.56 Å². The molecule has 0 saturated carbocycles. The molecule has 106 valence electrons. The fourth-order valence-corrected chi connectivity index (χ4v) is 2.49. The lowest BCUT2D eigenvalue weighted by atomic mass is 10.3. The SMILES string of the molecule is O=c1cc(CNc2ccc(Cl)c(Br)c2)nc2ccccn12. The average Bonchev–Trinajstić information content (AvgIpc) is 2.49. The third-order valence-corrected chi connectivity index (χ3v) is 4.23. The second-order valence-corrected chi connectivity index (χ2v) is 5.76. The van der Waals surface area contributed by atoms with Gasteiger partial charge in [-0.15, -0.1) is 0 Å². The Balaban J connectivity index is 1.85. The van der Waals surface area contributed by atoms with Crippen LogP contribution in [0, 0.1) is 0 Å². The maximum atomic E-state index is 12.0. The summed E-state index contributed by atoms with van der Waals surface area (Å²) < 4.78 is 2.34. The fourth-order valence-electron chi connectivity index (χ4n) is 1.99. The van der Waals surface area contributed by atoms with Crippen molar-refractivity contribution < 1.29 is 0 Å². The second kappa shape index (κ2) is 5.87. The molecular formula is C15H11BrClN3O. The molecule has 0 amide bonds. The molecule has 0 saturated heterocycles. The minimum atomic E-state index is -0.0883. The van der Waals surface area contributed by atoms with Crippen LogP contribution in [-0.4, -0.2) is 9.38 Å². The van der Waals surface area contributed by atoms with Crippen molar-refractivity contribution in [3.05, 3.63) is 74.2 Å². The summed E-state index contributed by atoms with van der Waals surface area (Å²) in [6.45, 7) is 0.467. The first kappa shape index (κ1) is 14.1. The van der Waals surface area contributed by atoms with Crippen molar-refractivity contribution in [2.45, 2.75) is 6.54 Å². The van der Waals surface area contributed by atoms with Crippen LogP contribution in [0.4, 0.5) is 5.69 Å². The summed E-state index contributed by atoms with van der Waals surface area (Å²) in [4.78, 5) is 16.4. The van der Waals surface area contributed by atoms with Crippen molar-refractivity contribution in [1.82, 2.24) is 9.38 Å². The predicted molar refractivity (Wildman–Crippen MR) is 87.9 cm³/mol. The van der Waals surface area contributed by atoms with Crippen LogP contribution in [0.1, 0.15) is 5.69 Å². The molecule has 3 rings (SSSR count). The number of hydrogen-bond donors (Lipinski definition) is 1. The Bertz CT molecular complexity index is 863. The van der Waals surface area contributed by atoms with E-state index < -0.39 is 0 Å². The smallest absolute Gasteiger partial charge is 0.258 e. The first-order chi connectivity index (χ1) is 10.1. The fraction of sp³-hybridized carbons (Fsp3) is 0.0667. The maximum absolute atomic E-state index is 12.0. The van der Waals surface area contributed by atoms with Crippen molar-refractivity contribution in [2.24, 2.45) is 0 Å². The van der Waals surface area contributed by atoms with E-state index in [1.807, 2.05) is 24.3 Å². The monoisotopic (exact) mass is 363 g/mol. The number of hydrogen-bond acceptors (Lipinski definition) is 3. The van der Waals surface area contributed by atoms with Gasteiger partial charge < -0.3 is 5.32 Å². The highest BCUT2D eigenvalue weighted by molar-refractivity contribution is 9.10. The number of fused-ring (bicyclic) bond motifs is 1. The van der Waals surface area contributed by atoms with Gasteiger partial charge in [-0.25, -0.2) is 4.98 Å². The van der Waals surface area contributed by atoms with Gasteiger partial charge >= 0.3 is 0 Å². The number of rotatable bonds is 3. The van der Waals surface area contributed by atoms with E-state index in [1.54, 1.807) is 18.3 Å². The number of halogens is 2. The highest BCUT2D eigenvalue weighted by atomic mass is 79.9. The van der Waals surface area contributed by atoms with Gasteiger partial charge in [0.2, 0.25) is 0 Å². The molecular weight excluding hydrogens is 354 g/mol. The van der Waals surface area contributed by atoms with Crippen molar-refractivity contribution in [3.8, 4) is 0 Å². The molecule has 0 atom stereocenters. The van der Waals surface area contributed by atoms with Gasteiger partial charge in [0.05, 0.1) is 17.3 Å². The van der Waals surface area contributed by atoms with Gasteiger partial charge in [0.15, 0.2) is 0 Å². The minimum Gasteiger partial charge on any atom is -0.379 e. The molecule has 0 radical (unpaired) electrons. The number of pyridine rings is 1. The zero-order valence-corrected chi connectivity index (χ0v) is 13.2. The molecule has 1 N–H and O–H groups in total. The summed E-state index contributed by atoms with van der Waals surface area (Å²) in [6, 6.07) is 12.6. The Morgan fingerprint density at radius 1 is 1.24 bits per heavy atom. The van der Waals surface area contributed by atoms with E-state index in [4.69, 9.17) is 11.6 Å². The highest BCUT2D eigenvalue weighted by Crippen LogP contribution is 2.25. The third kappa shape index (κ3) is 3.09. The van der Waals surface area contributed by atoms with Crippen molar-refractivity contribution in [3.63, 3.8) is 0 Å². The molecule has 1 aromatic carbocycles. The van der Waals surface area contributed by atoms with Gasteiger partial charge in [0.1, 0.15) is 5.65 Å². The van der Waals surface area contributed by atoms with E-state index in [-0.39, 0.29) is 5.56 Å². The zero-order chi connectivity index (χ0) is 14.8. The van der Waals surface area contributed by atoms with E-state index in [1.165, 1.54) is 10.5 Å². The lowest BCUT2D eigenvalue weighted by Gasteiger charge is -2.08. The van der Waals surface area contributed by atoms with Crippen LogP contribution in [0.5, 0.6) is 0 Å². The molecule has 4 nitrogen and oxygen atoms in total. The van der Waals surface area contributed by atoms with Crippen molar-refractivity contribution in [1.29, 1.82) is 0 Å². The largest absolute Gasteiger partial charge is 0.379 e. The Morgan fingerprint density at radius 3 is 2.90 bits per heavy atom. The molecule has 0 fully saturated rings. The quantitative estimate of drug-likeness (QED) is 0.770. The molecule has 21 heavy (non-hydrogen) atoms. The third-order valence-electron chi connectivity index (χ3n) is 3.02. The van der Waals surface area contributed by atoms with Crippen LogP contribution in [0.3, 0.4) is 0 Å². The Kier molecular flexibility index (Phi) is 3.94. The number of nitrogens with zero attached hydrogens (tertiary/aromatic N) is 2. The number of benzene rings is 1. The Labute approximate surface area is 134 Å². The van der Waals surface area contributed by atoms with Crippen molar-refractivity contribution in [2.75, 3.05) is 5.32 Å². The van der Waals surface area contributed by atoms with Gasteiger partial charge in [-0.1, -0.05) is 17.7 Å². The summed E-state index contributed by atoms with van der Waals surface area (Å²) >= 11 is 9.33. The highest BCUT2D eigenvalue weighted by Gasteiger charge is 2.03. The second-order valence-electron chi connectivity index (χ2n) is 4.50. The van der Waals surface area contributed by atoms with Gasteiger partial charge in [-0.05, 0) is 46.3 Å². The zero-order valence-electron chi connectivity index (χ0n) is 10.9. The molecule has 2 aromatic heterocycles. The molecule has 0 unspecified atom stereocenters. The summed E-state index contributed by atoms with van der Waals surface area (Å²) in [5, 5.41) is 3.88. The summed E-state index contributed by atoms with van der Waals surface area (Å²) in [7, 11) is 0. The van der Waals surface area contributed by atoms with Crippen LogP contribution >= 0.6 is 27.5 Å². The Hall–Kier alpha value is -1.85. The first-order valence-corrected chi connectivity index (χ1v) is 7.47. The maximum Gasteiger partial charge on any atom is 0.258 e. The molecule has 0 spiro atoms. The standard InChI is InChI=1S/C15H11BrClN3O/c16-12-7-10(4-5-13(12)17)18-9-11-8-15(21)20-6-2-1-3-14(20)19-11/h1-8,18H,9H2. The predicted octanol–water partition coefficient (Wildman–Crippen LogP) is 3.72. The van der Waals surface area contributed by atoms with Crippen molar-refractivity contribution >= 4 is 38.9 Å². The van der Waals surface area contributed by atoms with E-state index in [0.717, 1.165) is 10.2 Å². The summed E-state index contributed by atoms with van der Waals surface area (Å²) in [5.74, 6) is 0. The number of anilines is 1. The topological polar surface area (TPSA) is 46.4 Å². The van der Waals surface area contributed by atoms with E-state index in [9.17, 15) is 4.79 Å². The number of aromatic nitrogens is 2. The van der Waals surface area contributed by atoms with Crippen LogP contribution in [-0.2, 0) is 6.54 Å². The van der Waals surface area contributed by atoms with Crippen LogP contribution in [0.15, 0.2) is 57.9 Å². The normalized spacial score (nSPS) is 10.8. The van der Waals surface area contributed by atoms with E-state index >= 15 is 0 Å². The molecule has 6 heteroatoms. The van der Waals surface area contributed by atoms with E-state index in [2.05, 4.69) is 26.2 Å². The minimum absolute atomic E-state index is 0.0883. The van der Waals surface area contributed by atoms with E-state index in [0.29, 0.717) is 22.9 Å². The Morgan fingerprint density at radius 2 is 2.10 bits per heavy atom. The lowest BCUT2D eigenvalue weighted by molar-refractivity contribution is 0.971. The molecule has 3 aromatic rings. The van der Waals surface area contributed by atoms with Gasteiger partial charge in [-0.3, -0.25) is 9.20 Å². The lowest BCUT2D eigenvalue weighted by Crippen LogP contribution is -2.16. The molecule has 0 aliphatic heterocycles. The number of nitrogens with one attached hydrogen (secondary N) is 1. The average molecular weight is 365 g/mol. The summed E-state index contributed by atoms with van der Waals surface area (Å²) in [6.07, 6.45) is 1.71. The van der Waals surface area contributed by atoms with Crippen LogP contribution < -0.4 is 10.9 Å². The molecule has 0 aliphatic rings. The van der Waals surface area contributed by atoms with Gasteiger partial charge in [-0.2, -0.15) is 0 Å². The van der Waals surface area contributed by atoms with Gasteiger partial charge in [0, 0.05) is 22.4 Å².